The topological polar surface area (TPSA) is 62.5 Å². The predicted octanol–water partition coefficient (Wildman–Crippen LogP) is 2.03. The second-order valence-corrected chi connectivity index (χ2v) is 6.43. The van der Waals surface area contributed by atoms with E-state index in [4.69, 9.17) is 4.52 Å². The largest absolute Gasteiger partial charge is 0.344 e. The van der Waals surface area contributed by atoms with Crippen molar-refractivity contribution in [1.82, 2.24) is 15.0 Å². The van der Waals surface area contributed by atoms with Gasteiger partial charge in [0.05, 0.1) is 5.92 Å². The number of hydrogen-bond acceptors (Lipinski definition) is 5. The molecule has 1 amide bonds. The van der Waals surface area contributed by atoms with Gasteiger partial charge in [0.25, 0.3) is 5.95 Å². The van der Waals surface area contributed by atoms with E-state index < -0.39 is 0 Å². The summed E-state index contributed by atoms with van der Waals surface area (Å²) >= 11 is 0. The van der Waals surface area contributed by atoms with Gasteiger partial charge >= 0.3 is 0 Å². The van der Waals surface area contributed by atoms with Gasteiger partial charge in [-0.2, -0.15) is 4.98 Å². The van der Waals surface area contributed by atoms with Crippen LogP contribution in [0.15, 0.2) is 4.52 Å². The first-order valence-electron chi connectivity index (χ1n) is 7.95. The monoisotopic (exact) mass is 292 g/mol. The molecule has 2 fully saturated rings. The van der Waals surface area contributed by atoms with Crippen LogP contribution in [0, 0.1) is 5.92 Å². The maximum Gasteiger partial charge on any atom is 0.265 e. The molecule has 1 aromatic heterocycles. The van der Waals surface area contributed by atoms with Gasteiger partial charge in [-0.05, 0) is 30.8 Å². The number of likely N-dealkylation sites (tertiary alicyclic amines) is 1. The molecule has 6 heteroatoms. The van der Waals surface area contributed by atoms with Crippen LogP contribution in [0.4, 0.5) is 5.95 Å². The molecule has 0 aromatic carbocycles. The van der Waals surface area contributed by atoms with E-state index in [1.807, 2.05) is 23.9 Å². The minimum Gasteiger partial charge on any atom is -0.344 e. The number of nitrogens with zero attached hydrogens (tertiary/aromatic N) is 4. The molecule has 1 atom stereocenters. The number of piperidine rings is 1. The number of hydrogen-bond donors (Lipinski definition) is 0. The molecule has 0 spiro atoms. The first-order valence-corrected chi connectivity index (χ1v) is 7.95. The third-order valence-electron chi connectivity index (χ3n) is 4.62. The zero-order valence-corrected chi connectivity index (χ0v) is 12.9. The van der Waals surface area contributed by atoms with E-state index in [-0.39, 0.29) is 11.8 Å². The zero-order chi connectivity index (χ0) is 14.8. The SMILES string of the molecule is CN(C)c1noc(C2CCCN(C(=O)C3CCCC3)C2)n1. The molecule has 1 aliphatic carbocycles. The maximum atomic E-state index is 12.5. The second-order valence-electron chi connectivity index (χ2n) is 6.43. The lowest BCUT2D eigenvalue weighted by Gasteiger charge is -2.32. The minimum atomic E-state index is 0.185. The molecule has 1 saturated carbocycles. The Bertz CT molecular complexity index is 494. The van der Waals surface area contributed by atoms with Crippen LogP contribution in [-0.2, 0) is 4.79 Å². The number of rotatable bonds is 3. The molecule has 2 heterocycles. The van der Waals surface area contributed by atoms with Gasteiger partial charge in [-0.15, -0.1) is 0 Å². The highest BCUT2D eigenvalue weighted by molar-refractivity contribution is 5.79. The highest BCUT2D eigenvalue weighted by Gasteiger charge is 2.33. The Morgan fingerprint density at radius 2 is 2.00 bits per heavy atom. The molecule has 21 heavy (non-hydrogen) atoms. The van der Waals surface area contributed by atoms with E-state index >= 15 is 0 Å². The maximum absolute atomic E-state index is 12.5. The summed E-state index contributed by atoms with van der Waals surface area (Å²) in [5.41, 5.74) is 0. The standard InChI is InChI=1S/C15H24N4O2/c1-18(2)15-16-13(21-17-15)12-8-5-9-19(10-12)14(20)11-6-3-4-7-11/h11-12H,3-10H2,1-2H3. The Labute approximate surface area is 125 Å². The van der Waals surface area contributed by atoms with Gasteiger partial charge in [-0.1, -0.05) is 12.8 Å². The Morgan fingerprint density at radius 1 is 1.24 bits per heavy atom. The molecule has 1 saturated heterocycles. The van der Waals surface area contributed by atoms with Crippen molar-refractivity contribution in [1.29, 1.82) is 0 Å². The number of aromatic nitrogens is 2. The van der Waals surface area contributed by atoms with Crippen LogP contribution in [0.5, 0.6) is 0 Å². The van der Waals surface area contributed by atoms with Crippen molar-refractivity contribution < 1.29 is 9.32 Å². The highest BCUT2D eigenvalue weighted by atomic mass is 16.5. The van der Waals surface area contributed by atoms with Crippen LogP contribution >= 0.6 is 0 Å². The van der Waals surface area contributed by atoms with Crippen LogP contribution in [0.1, 0.15) is 50.3 Å². The van der Waals surface area contributed by atoms with Crippen LogP contribution in [-0.4, -0.2) is 48.1 Å². The van der Waals surface area contributed by atoms with E-state index in [0.29, 0.717) is 17.7 Å². The lowest BCUT2D eigenvalue weighted by molar-refractivity contribution is -0.136. The van der Waals surface area contributed by atoms with E-state index in [1.165, 1.54) is 12.8 Å². The second kappa shape index (κ2) is 6.03. The number of carbonyl (C=O) groups excluding carboxylic acids is 1. The summed E-state index contributed by atoms with van der Waals surface area (Å²) in [6, 6.07) is 0. The Morgan fingerprint density at radius 3 is 2.67 bits per heavy atom. The zero-order valence-electron chi connectivity index (χ0n) is 12.9. The fraction of sp³-hybridized carbons (Fsp3) is 0.800. The highest BCUT2D eigenvalue weighted by Crippen LogP contribution is 2.31. The third-order valence-corrected chi connectivity index (χ3v) is 4.62. The lowest BCUT2D eigenvalue weighted by Crippen LogP contribution is -2.41. The van der Waals surface area contributed by atoms with Crippen molar-refractivity contribution in [3.8, 4) is 0 Å². The predicted molar refractivity (Wildman–Crippen MR) is 79.1 cm³/mol. The van der Waals surface area contributed by atoms with Gasteiger partial charge in [0.2, 0.25) is 11.8 Å². The third kappa shape index (κ3) is 3.04. The van der Waals surface area contributed by atoms with Crippen molar-refractivity contribution >= 4 is 11.9 Å². The number of amides is 1. The molecule has 0 bridgehead atoms. The smallest absolute Gasteiger partial charge is 0.265 e. The van der Waals surface area contributed by atoms with Gasteiger partial charge in [0.1, 0.15) is 0 Å². The quantitative estimate of drug-likeness (QED) is 0.853. The molecule has 0 radical (unpaired) electrons. The van der Waals surface area contributed by atoms with E-state index in [1.54, 1.807) is 0 Å². The molecule has 0 N–H and O–H groups in total. The first-order chi connectivity index (χ1) is 10.1. The first kappa shape index (κ1) is 14.4. The van der Waals surface area contributed by atoms with Crippen molar-refractivity contribution in [2.24, 2.45) is 5.92 Å². The summed E-state index contributed by atoms with van der Waals surface area (Å²) in [5, 5.41) is 3.97. The van der Waals surface area contributed by atoms with Crippen molar-refractivity contribution in [2.45, 2.75) is 44.4 Å². The molecule has 6 nitrogen and oxygen atoms in total. The summed E-state index contributed by atoms with van der Waals surface area (Å²) < 4.78 is 5.38. The van der Waals surface area contributed by atoms with Crippen molar-refractivity contribution in [3.63, 3.8) is 0 Å². The average molecular weight is 292 g/mol. The molecule has 1 unspecified atom stereocenters. The van der Waals surface area contributed by atoms with Crippen LogP contribution in [0.3, 0.4) is 0 Å². The summed E-state index contributed by atoms with van der Waals surface area (Å²) in [6.07, 6.45) is 6.55. The van der Waals surface area contributed by atoms with Gasteiger partial charge in [-0.25, -0.2) is 0 Å². The molecule has 1 aliphatic heterocycles. The van der Waals surface area contributed by atoms with Crippen LogP contribution < -0.4 is 4.90 Å². The van der Waals surface area contributed by atoms with Crippen molar-refractivity contribution in [3.05, 3.63) is 5.89 Å². The Balaban J connectivity index is 1.65. The molecule has 1 aromatic rings. The minimum absolute atomic E-state index is 0.185. The summed E-state index contributed by atoms with van der Waals surface area (Å²) in [4.78, 5) is 20.8. The summed E-state index contributed by atoms with van der Waals surface area (Å²) in [5.74, 6) is 2.05. The average Bonchev–Trinajstić information content (AvgIpc) is 3.18. The van der Waals surface area contributed by atoms with Gasteiger partial charge < -0.3 is 14.3 Å². The fourth-order valence-corrected chi connectivity index (χ4v) is 3.38. The fourth-order valence-electron chi connectivity index (χ4n) is 3.38. The summed E-state index contributed by atoms with van der Waals surface area (Å²) in [6.45, 7) is 1.60. The number of carbonyl (C=O) groups is 1. The normalized spacial score (nSPS) is 23.5. The number of anilines is 1. The molecular formula is C15H24N4O2. The van der Waals surface area contributed by atoms with Crippen LogP contribution in [0.2, 0.25) is 0 Å². The Hall–Kier alpha value is -1.59. The molecular weight excluding hydrogens is 268 g/mol. The molecule has 2 aliphatic rings. The van der Waals surface area contributed by atoms with Gasteiger partial charge in [0, 0.05) is 33.1 Å². The molecule has 3 rings (SSSR count). The van der Waals surface area contributed by atoms with Crippen LogP contribution in [0.25, 0.3) is 0 Å². The Kier molecular flexibility index (Phi) is 4.12. The summed E-state index contributed by atoms with van der Waals surface area (Å²) in [7, 11) is 3.79. The van der Waals surface area contributed by atoms with E-state index in [9.17, 15) is 4.79 Å². The van der Waals surface area contributed by atoms with E-state index in [2.05, 4.69) is 10.1 Å². The van der Waals surface area contributed by atoms with E-state index in [0.717, 1.165) is 38.8 Å². The lowest BCUT2D eigenvalue weighted by atomic mass is 9.96. The van der Waals surface area contributed by atoms with Gasteiger partial charge in [0.15, 0.2) is 0 Å². The molecule has 116 valence electrons. The van der Waals surface area contributed by atoms with Gasteiger partial charge in [-0.3, -0.25) is 4.79 Å². The van der Waals surface area contributed by atoms with Crippen molar-refractivity contribution in [2.75, 3.05) is 32.1 Å².